The third-order valence-electron chi connectivity index (χ3n) is 4.86. The number of phenolic OH excluding ortho intramolecular Hbond substituents is 1. The van der Waals surface area contributed by atoms with Crippen LogP contribution in [-0.4, -0.2) is 50.4 Å². The first-order valence-corrected chi connectivity index (χ1v) is 9.40. The molecule has 8 nitrogen and oxygen atoms in total. The highest BCUT2D eigenvalue weighted by Gasteiger charge is 2.26. The largest absolute Gasteiger partial charge is 0.508 e. The number of aliphatic hydroxyl groups is 1. The molecule has 2 heterocycles. The van der Waals surface area contributed by atoms with Crippen LogP contribution in [-0.2, 0) is 19.4 Å². The first-order valence-electron chi connectivity index (χ1n) is 9.40. The lowest BCUT2D eigenvalue weighted by Gasteiger charge is -2.36. The van der Waals surface area contributed by atoms with Gasteiger partial charge in [0, 0.05) is 25.6 Å². The molecule has 1 atom stereocenters. The molecule has 1 saturated heterocycles. The van der Waals surface area contributed by atoms with Gasteiger partial charge >= 0.3 is 6.03 Å². The second kappa shape index (κ2) is 9.36. The first kappa shape index (κ1) is 19.2. The van der Waals surface area contributed by atoms with Crippen molar-refractivity contribution in [1.82, 2.24) is 20.4 Å². The molecule has 1 aliphatic heterocycles. The van der Waals surface area contributed by atoms with E-state index in [1.807, 2.05) is 17.0 Å². The second-order valence-corrected chi connectivity index (χ2v) is 6.79. The zero-order chi connectivity index (χ0) is 19.1. The zero-order valence-electron chi connectivity index (χ0n) is 15.3. The number of hydrogen-bond donors (Lipinski definition) is 3. The van der Waals surface area contributed by atoms with Gasteiger partial charge in [-0.2, -0.15) is 4.98 Å². The summed E-state index contributed by atoms with van der Waals surface area (Å²) in [5.74, 6) is 0.925. The number of nitrogens with zero attached hydrogens (tertiary/aromatic N) is 3. The van der Waals surface area contributed by atoms with Gasteiger partial charge in [-0.15, -0.1) is 0 Å². The number of likely N-dealkylation sites (tertiary alicyclic amines) is 1. The van der Waals surface area contributed by atoms with Gasteiger partial charge in [0.2, 0.25) is 0 Å². The van der Waals surface area contributed by atoms with E-state index in [4.69, 9.17) is 9.63 Å². The molecule has 1 aromatic carbocycles. The monoisotopic (exact) mass is 374 g/mol. The molecule has 0 bridgehead atoms. The standard InChI is InChI=1S/C19H26N4O4/c24-13-18-21-17(22-27-18)10-11-20-19(26)23-12-2-1-3-15(23)7-4-14-5-8-16(25)9-6-14/h5-6,8-9,15,24-25H,1-4,7,10-13H2,(H,20,26)/t15-/m0/s1. The molecule has 27 heavy (non-hydrogen) atoms. The molecule has 0 radical (unpaired) electrons. The molecule has 1 aromatic heterocycles. The number of aliphatic hydroxyl groups excluding tert-OH is 1. The fourth-order valence-electron chi connectivity index (χ4n) is 3.40. The van der Waals surface area contributed by atoms with E-state index in [1.165, 1.54) is 0 Å². The number of nitrogens with one attached hydrogen (secondary N) is 1. The molecule has 3 N–H and O–H groups in total. The maximum atomic E-state index is 12.6. The van der Waals surface area contributed by atoms with Crippen LogP contribution in [0.1, 0.15) is 43.0 Å². The van der Waals surface area contributed by atoms with Crippen LogP contribution in [0.15, 0.2) is 28.8 Å². The van der Waals surface area contributed by atoms with Crippen molar-refractivity contribution < 1.29 is 19.5 Å². The van der Waals surface area contributed by atoms with Crippen molar-refractivity contribution in [2.75, 3.05) is 13.1 Å². The maximum absolute atomic E-state index is 12.6. The number of hydrogen-bond acceptors (Lipinski definition) is 6. The van der Waals surface area contributed by atoms with E-state index in [-0.39, 0.29) is 30.3 Å². The Morgan fingerprint density at radius 2 is 2.07 bits per heavy atom. The Morgan fingerprint density at radius 1 is 1.26 bits per heavy atom. The van der Waals surface area contributed by atoms with Crippen LogP contribution < -0.4 is 5.32 Å². The van der Waals surface area contributed by atoms with Gasteiger partial charge in [-0.1, -0.05) is 17.3 Å². The number of carbonyl (C=O) groups excluding carboxylic acids is 1. The second-order valence-electron chi connectivity index (χ2n) is 6.79. The van der Waals surface area contributed by atoms with E-state index in [1.54, 1.807) is 12.1 Å². The molecule has 146 valence electrons. The molecule has 1 aliphatic rings. The van der Waals surface area contributed by atoms with Crippen LogP contribution in [0.25, 0.3) is 0 Å². The van der Waals surface area contributed by atoms with Crippen LogP contribution in [0, 0.1) is 0 Å². The van der Waals surface area contributed by atoms with Gasteiger partial charge in [-0.3, -0.25) is 0 Å². The van der Waals surface area contributed by atoms with E-state index in [9.17, 15) is 9.90 Å². The third kappa shape index (κ3) is 5.43. The van der Waals surface area contributed by atoms with E-state index in [0.717, 1.165) is 44.2 Å². The van der Waals surface area contributed by atoms with Crippen molar-refractivity contribution in [2.24, 2.45) is 0 Å². The predicted octanol–water partition coefficient (Wildman–Crippen LogP) is 2.01. The van der Waals surface area contributed by atoms with Gasteiger partial charge in [-0.25, -0.2) is 4.79 Å². The lowest BCUT2D eigenvalue weighted by molar-refractivity contribution is 0.146. The molecule has 0 spiro atoms. The Bertz CT molecular complexity index is 732. The van der Waals surface area contributed by atoms with Crippen molar-refractivity contribution in [3.05, 3.63) is 41.5 Å². The minimum atomic E-state index is -0.282. The van der Waals surface area contributed by atoms with Gasteiger partial charge in [0.05, 0.1) is 0 Å². The van der Waals surface area contributed by atoms with Crippen LogP contribution in [0.2, 0.25) is 0 Å². The number of phenols is 1. The van der Waals surface area contributed by atoms with Crippen LogP contribution >= 0.6 is 0 Å². The summed E-state index contributed by atoms with van der Waals surface area (Å²) < 4.78 is 4.84. The maximum Gasteiger partial charge on any atom is 0.317 e. The van der Waals surface area contributed by atoms with Crippen molar-refractivity contribution in [3.8, 4) is 5.75 Å². The van der Waals surface area contributed by atoms with Crippen molar-refractivity contribution in [3.63, 3.8) is 0 Å². The van der Waals surface area contributed by atoms with Crippen molar-refractivity contribution in [2.45, 2.75) is 51.2 Å². The molecule has 0 unspecified atom stereocenters. The van der Waals surface area contributed by atoms with E-state index in [0.29, 0.717) is 18.8 Å². The smallest absolute Gasteiger partial charge is 0.317 e. The van der Waals surface area contributed by atoms with Crippen molar-refractivity contribution in [1.29, 1.82) is 0 Å². The summed E-state index contributed by atoms with van der Waals surface area (Å²) in [6.07, 6.45) is 5.41. The fourth-order valence-corrected chi connectivity index (χ4v) is 3.40. The quantitative estimate of drug-likeness (QED) is 0.683. The van der Waals surface area contributed by atoms with Crippen molar-refractivity contribution >= 4 is 6.03 Å². The highest BCUT2D eigenvalue weighted by atomic mass is 16.5. The first-order chi connectivity index (χ1) is 13.2. The summed E-state index contributed by atoms with van der Waals surface area (Å²) in [5.41, 5.74) is 1.16. The number of aryl methyl sites for hydroxylation is 1. The number of amides is 2. The van der Waals surface area contributed by atoms with Gasteiger partial charge in [0.15, 0.2) is 5.82 Å². The highest BCUT2D eigenvalue weighted by Crippen LogP contribution is 2.22. The average Bonchev–Trinajstić information content (AvgIpc) is 3.16. The van der Waals surface area contributed by atoms with E-state index < -0.39 is 0 Å². The molecular formula is C19H26N4O4. The van der Waals surface area contributed by atoms with E-state index >= 15 is 0 Å². The molecule has 8 heteroatoms. The summed E-state index contributed by atoms with van der Waals surface area (Å²) in [5, 5.41) is 25.0. The SMILES string of the molecule is O=C(NCCc1noc(CO)n1)N1CCCC[C@H]1CCc1ccc(O)cc1. The van der Waals surface area contributed by atoms with Crippen LogP contribution in [0.3, 0.4) is 0 Å². The third-order valence-corrected chi connectivity index (χ3v) is 4.86. The summed E-state index contributed by atoms with van der Waals surface area (Å²) in [6.45, 7) is 0.906. The lowest BCUT2D eigenvalue weighted by atomic mass is 9.96. The molecule has 0 aliphatic carbocycles. The van der Waals surface area contributed by atoms with Gasteiger partial charge in [-0.05, 0) is 49.8 Å². The number of benzene rings is 1. The summed E-state index contributed by atoms with van der Waals surface area (Å²) in [6, 6.07) is 7.40. The lowest BCUT2D eigenvalue weighted by Crippen LogP contribution is -2.49. The molecule has 2 amide bonds. The Balaban J connectivity index is 1.47. The van der Waals surface area contributed by atoms with E-state index in [2.05, 4.69) is 15.5 Å². The normalized spacial score (nSPS) is 17.1. The molecule has 3 rings (SSSR count). The Kier molecular flexibility index (Phi) is 6.64. The van der Waals surface area contributed by atoms with Crippen LogP contribution in [0.5, 0.6) is 5.75 Å². The fraction of sp³-hybridized carbons (Fsp3) is 0.526. The number of carbonyl (C=O) groups is 1. The highest BCUT2D eigenvalue weighted by molar-refractivity contribution is 5.74. The minimum absolute atomic E-state index is 0.0590. The minimum Gasteiger partial charge on any atom is -0.508 e. The number of aromatic nitrogens is 2. The predicted molar refractivity (Wildman–Crippen MR) is 98.1 cm³/mol. The summed E-state index contributed by atoms with van der Waals surface area (Å²) >= 11 is 0. The topological polar surface area (TPSA) is 112 Å². The molecule has 0 saturated carbocycles. The van der Waals surface area contributed by atoms with Gasteiger partial charge in [0.25, 0.3) is 5.89 Å². The van der Waals surface area contributed by atoms with Gasteiger partial charge in [0.1, 0.15) is 12.4 Å². The summed E-state index contributed by atoms with van der Waals surface area (Å²) in [4.78, 5) is 18.5. The Morgan fingerprint density at radius 3 is 2.81 bits per heavy atom. The number of aromatic hydroxyl groups is 1. The Hall–Kier alpha value is -2.61. The van der Waals surface area contributed by atoms with Crippen LogP contribution in [0.4, 0.5) is 4.79 Å². The average molecular weight is 374 g/mol. The molecule has 2 aromatic rings. The zero-order valence-corrected chi connectivity index (χ0v) is 15.3. The number of piperidine rings is 1. The number of urea groups is 1. The molecule has 1 fully saturated rings. The number of rotatable bonds is 7. The molecular weight excluding hydrogens is 348 g/mol. The van der Waals surface area contributed by atoms with Gasteiger partial charge < -0.3 is 25.0 Å². The Labute approximate surface area is 158 Å². The summed E-state index contributed by atoms with van der Waals surface area (Å²) in [7, 11) is 0.